The number of ether oxygens (including phenoxy) is 1. The van der Waals surface area contributed by atoms with Gasteiger partial charge in [-0.25, -0.2) is 0 Å². The van der Waals surface area contributed by atoms with Crippen LogP contribution in [0.3, 0.4) is 0 Å². The summed E-state index contributed by atoms with van der Waals surface area (Å²) in [7, 11) is 0. The van der Waals surface area contributed by atoms with Gasteiger partial charge in [-0.2, -0.15) is 0 Å². The molecule has 0 bridgehead atoms. The van der Waals surface area contributed by atoms with Crippen LogP contribution in [0.5, 0.6) is 5.75 Å². The summed E-state index contributed by atoms with van der Waals surface area (Å²) in [6.07, 6.45) is 0. The van der Waals surface area contributed by atoms with Crippen molar-refractivity contribution in [1.82, 2.24) is 0 Å². The van der Waals surface area contributed by atoms with Crippen molar-refractivity contribution < 1.29 is 44.2 Å². The first-order valence-electron chi connectivity index (χ1n) is 3.26. The second kappa shape index (κ2) is 6.64. The molecule has 0 saturated heterocycles. The number of carboxylic acids is 1. The van der Waals surface area contributed by atoms with Crippen LogP contribution in [-0.4, -0.2) is 12.6 Å². The molecule has 0 aromatic heterocycles. The summed E-state index contributed by atoms with van der Waals surface area (Å²) in [4.78, 5) is 10.0. The molecule has 0 fully saturated rings. The Morgan fingerprint density at radius 2 is 1.92 bits per heavy atom. The van der Waals surface area contributed by atoms with Gasteiger partial charge in [0.2, 0.25) is 0 Å². The molecular weight excluding hydrogens is 294 g/mol. The van der Waals surface area contributed by atoms with Crippen LogP contribution in [0, 0.1) is 3.57 Å². The van der Waals surface area contributed by atoms with Gasteiger partial charge in [0.1, 0.15) is 12.4 Å². The fourth-order valence-corrected chi connectivity index (χ4v) is 1.03. The smallest absolute Gasteiger partial charge is 0.546 e. The Morgan fingerprint density at radius 1 is 1.38 bits per heavy atom. The van der Waals surface area contributed by atoms with Crippen LogP contribution in [0.25, 0.3) is 0 Å². The Hall–Kier alpha value is 0.220. The summed E-state index contributed by atoms with van der Waals surface area (Å²) in [6, 6.07) is 7.10. The van der Waals surface area contributed by atoms with E-state index in [9.17, 15) is 9.90 Å². The second-order valence-corrected chi connectivity index (χ2v) is 3.36. The maximum atomic E-state index is 10.0. The molecule has 3 nitrogen and oxygen atoms in total. The minimum Gasteiger partial charge on any atom is -0.546 e. The van der Waals surface area contributed by atoms with Gasteiger partial charge in [-0.15, -0.1) is 0 Å². The maximum absolute atomic E-state index is 10.0. The molecule has 0 aliphatic heterocycles. The van der Waals surface area contributed by atoms with Crippen molar-refractivity contribution in [3.8, 4) is 5.75 Å². The Bertz CT molecular complexity index is 273. The van der Waals surface area contributed by atoms with Gasteiger partial charge >= 0.3 is 29.6 Å². The minimum absolute atomic E-state index is 0. The first-order valence-corrected chi connectivity index (χ1v) is 4.34. The van der Waals surface area contributed by atoms with E-state index >= 15 is 0 Å². The third kappa shape index (κ3) is 5.51. The first-order chi connectivity index (χ1) is 5.68. The SMILES string of the molecule is O=C([O-])COc1ccc(I)cc1.[Na+]. The number of halogens is 1. The molecule has 0 N–H and O–H groups in total. The molecule has 0 atom stereocenters. The normalized spacial score (nSPS) is 8.69. The molecule has 0 spiro atoms. The van der Waals surface area contributed by atoms with E-state index in [2.05, 4.69) is 22.6 Å². The predicted octanol–water partition coefficient (Wildman–Crippen LogP) is -2.58. The summed E-state index contributed by atoms with van der Waals surface area (Å²) in [6.45, 7) is -0.402. The minimum atomic E-state index is -1.21. The van der Waals surface area contributed by atoms with Crippen molar-refractivity contribution >= 4 is 28.6 Å². The van der Waals surface area contributed by atoms with Gasteiger partial charge in [0.15, 0.2) is 0 Å². The van der Waals surface area contributed by atoms with Crippen LogP contribution >= 0.6 is 22.6 Å². The Balaban J connectivity index is 0.00000144. The molecule has 0 radical (unpaired) electrons. The Morgan fingerprint density at radius 3 is 2.38 bits per heavy atom. The van der Waals surface area contributed by atoms with Crippen LogP contribution in [0.1, 0.15) is 0 Å². The molecule has 0 amide bonds. The van der Waals surface area contributed by atoms with Gasteiger partial charge in [-0.05, 0) is 46.9 Å². The van der Waals surface area contributed by atoms with Crippen LogP contribution in [0.2, 0.25) is 0 Å². The van der Waals surface area contributed by atoms with Crippen molar-refractivity contribution in [2.45, 2.75) is 0 Å². The van der Waals surface area contributed by atoms with E-state index in [-0.39, 0.29) is 29.6 Å². The van der Waals surface area contributed by atoms with Crippen molar-refractivity contribution in [2.24, 2.45) is 0 Å². The van der Waals surface area contributed by atoms with Gasteiger partial charge in [0, 0.05) is 3.57 Å². The molecule has 0 aliphatic rings. The van der Waals surface area contributed by atoms with Gasteiger partial charge < -0.3 is 14.6 Å². The van der Waals surface area contributed by atoms with Crippen LogP contribution < -0.4 is 39.4 Å². The quantitative estimate of drug-likeness (QED) is 0.455. The van der Waals surface area contributed by atoms with Gasteiger partial charge in [0.25, 0.3) is 0 Å². The molecule has 5 heteroatoms. The Kier molecular flexibility index (Phi) is 6.75. The van der Waals surface area contributed by atoms with Gasteiger partial charge in [0.05, 0.1) is 5.97 Å². The molecule has 0 aliphatic carbocycles. The van der Waals surface area contributed by atoms with Gasteiger partial charge in [-0.1, -0.05) is 0 Å². The zero-order chi connectivity index (χ0) is 8.97. The van der Waals surface area contributed by atoms with E-state index < -0.39 is 12.6 Å². The largest absolute Gasteiger partial charge is 1.00 e. The summed E-state index contributed by atoms with van der Waals surface area (Å²) < 4.78 is 5.93. The van der Waals surface area contributed by atoms with E-state index in [1.54, 1.807) is 12.1 Å². The first kappa shape index (κ1) is 13.2. The summed E-state index contributed by atoms with van der Waals surface area (Å²) in [5.74, 6) is -0.673. The summed E-state index contributed by atoms with van der Waals surface area (Å²) in [5, 5.41) is 10.0. The van der Waals surface area contributed by atoms with E-state index in [0.717, 1.165) is 3.57 Å². The second-order valence-electron chi connectivity index (χ2n) is 2.11. The zero-order valence-corrected chi connectivity index (χ0v) is 11.3. The van der Waals surface area contributed by atoms with Gasteiger partial charge in [-0.3, -0.25) is 0 Å². The zero-order valence-electron chi connectivity index (χ0n) is 7.12. The summed E-state index contributed by atoms with van der Waals surface area (Å²) >= 11 is 2.15. The number of benzene rings is 1. The summed E-state index contributed by atoms with van der Waals surface area (Å²) in [5.41, 5.74) is 0. The number of carbonyl (C=O) groups is 1. The number of hydrogen-bond donors (Lipinski definition) is 0. The van der Waals surface area contributed by atoms with E-state index in [0.29, 0.717) is 5.75 Å². The molecule has 0 unspecified atom stereocenters. The van der Waals surface area contributed by atoms with E-state index in [1.165, 1.54) is 0 Å². The maximum Gasteiger partial charge on any atom is 1.00 e. The number of hydrogen-bond acceptors (Lipinski definition) is 3. The molecule has 1 aromatic carbocycles. The van der Waals surface area contributed by atoms with E-state index in [1.807, 2.05) is 12.1 Å². The fraction of sp³-hybridized carbons (Fsp3) is 0.125. The number of carboxylic acid groups (broad SMARTS) is 1. The number of aliphatic carboxylic acids is 1. The van der Waals surface area contributed by atoms with Crippen molar-refractivity contribution in [3.05, 3.63) is 27.8 Å². The molecular formula is C8H6INaO3. The van der Waals surface area contributed by atoms with Crippen LogP contribution in [0.15, 0.2) is 24.3 Å². The average molecular weight is 300 g/mol. The fourth-order valence-electron chi connectivity index (χ4n) is 0.673. The number of rotatable bonds is 3. The molecule has 64 valence electrons. The molecule has 13 heavy (non-hydrogen) atoms. The molecule has 1 aromatic rings. The van der Waals surface area contributed by atoms with Crippen molar-refractivity contribution in [2.75, 3.05) is 6.61 Å². The molecule has 0 heterocycles. The monoisotopic (exact) mass is 300 g/mol. The predicted molar refractivity (Wildman–Crippen MR) is 49.7 cm³/mol. The average Bonchev–Trinajstić information content (AvgIpc) is 2.03. The number of carbonyl (C=O) groups excluding carboxylic acids is 1. The van der Waals surface area contributed by atoms with Crippen molar-refractivity contribution in [3.63, 3.8) is 0 Å². The topological polar surface area (TPSA) is 49.4 Å². The van der Waals surface area contributed by atoms with Crippen LogP contribution in [0.4, 0.5) is 0 Å². The molecule has 0 saturated carbocycles. The van der Waals surface area contributed by atoms with E-state index in [4.69, 9.17) is 4.74 Å². The third-order valence-electron chi connectivity index (χ3n) is 1.17. The Labute approximate surface area is 112 Å². The van der Waals surface area contributed by atoms with Crippen molar-refractivity contribution in [1.29, 1.82) is 0 Å². The van der Waals surface area contributed by atoms with Crippen LogP contribution in [-0.2, 0) is 4.79 Å². The third-order valence-corrected chi connectivity index (χ3v) is 1.89. The standard InChI is InChI=1S/C8H7IO3.Na/c9-6-1-3-7(4-2-6)12-5-8(10)11;/h1-4H,5H2,(H,10,11);/q;+1/p-1. The molecule has 1 rings (SSSR count).